The van der Waals surface area contributed by atoms with Crippen molar-refractivity contribution in [2.45, 2.75) is 25.7 Å². The van der Waals surface area contributed by atoms with Crippen LogP contribution in [0.5, 0.6) is 0 Å². The molecule has 8 heteroatoms. The van der Waals surface area contributed by atoms with Gasteiger partial charge in [-0.05, 0) is 25.7 Å². The molecule has 0 unspecified atom stereocenters. The van der Waals surface area contributed by atoms with Crippen molar-refractivity contribution in [1.29, 1.82) is 0 Å². The SMILES string of the molecule is CS(=O)(=O)N1CCC[C@H](C(=O)N2CCC[C@@H](C(=O)O)C2)C1. The van der Waals surface area contributed by atoms with Crippen molar-refractivity contribution >= 4 is 21.9 Å². The summed E-state index contributed by atoms with van der Waals surface area (Å²) >= 11 is 0. The molecule has 2 saturated heterocycles. The lowest BCUT2D eigenvalue weighted by Crippen LogP contribution is -2.49. The maximum atomic E-state index is 12.5. The molecule has 0 radical (unpaired) electrons. The first-order valence-corrected chi connectivity index (χ1v) is 9.10. The highest BCUT2D eigenvalue weighted by molar-refractivity contribution is 7.88. The lowest BCUT2D eigenvalue weighted by atomic mass is 9.94. The number of carboxylic acid groups (broad SMARTS) is 1. The highest BCUT2D eigenvalue weighted by Gasteiger charge is 2.35. The molecule has 2 rings (SSSR count). The molecule has 2 heterocycles. The van der Waals surface area contributed by atoms with Crippen LogP contribution >= 0.6 is 0 Å². The third-order valence-electron chi connectivity index (χ3n) is 4.28. The zero-order valence-corrected chi connectivity index (χ0v) is 13.0. The van der Waals surface area contributed by atoms with Gasteiger partial charge in [0.15, 0.2) is 0 Å². The molecule has 0 aromatic heterocycles. The summed E-state index contributed by atoms with van der Waals surface area (Å²) < 4.78 is 24.5. The molecule has 1 N–H and O–H groups in total. The number of carboxylic acids is 1. The Morgan fingerprint density at radius 1 is 1.05 bits per heavy atom. The largest absolute Gasteiger partial charge is 0.481 e. The van der Waals surface area contributed by atoms with Gasteiger partial charge in [0, 0.05) is 26.2 Å². The number of amides is 1. The fraction of sp³-hybridized carbons (Fsp3) is 0.846. The van der Waals surface area contributed by atoms with Crippen LogP contribution < -0.4 is 0 Å². The van der Waals surface area contributed by atoms with Crippen molar-refractivity contribution in [3.8, 4) is 0 Å². The molecule has 0 saturated carbocycles. The Morgan fingerprint density at radius 2 is 1.67 bits per heavy atom. The number of piperidine rings is 2. The van der Waals surface area contributed by atoms with E-state index in [1.807, 2.05) is 0 Å². The van der Waals surface area contributed by atoms with Gasteiger partial charge in [-0.15, -0.1) is 0 Å². The summed E-state index contributed by atoms with van der Waals surface area (Å²) in [4.78, 5) is 25.2. The molecule has 0 aromatic carbocycles. The quantitative estimate of drug-likeness (QED) is 0.789. The highest BCUT2D eigenvalue weighted by atomic mass is 32.2. The van der Waals surface area contributed by atoms with Crippen molar-refractivity contribution in [2.75, 3.05) is 32.4 Å². The van der Waals surface area contributed by atoms with E-state index in [9.17, 15) is 18.0 Å². The van der Waals surface area contributed by atoms with E-state index < -0.39 is 21.9 Å². The van der Waals surface area contributed by atoms with Gasteiger partial charge < -0.3 is 10.0 Å². The molecule has 120 valence electrons. The second-order valence-electron chi connectivity index (χ2n) is 5.92. The van der Waals surface area contributed by atoms with Gasteiger partial charge >= 0.3 is 5.97 Å². The molecule has 2 atom stereocenters. The summed E-state index contributed by atoms with van der Waals surface area (Å²) in [5, 5.41) is 9.07. The first-order chi connectivity index (χ1) is 9.79. The van der Waals surface area contributed by atoms with Crippen LogP contribution in [0.15, 0.2) is 0 Å². The molecule has 0 aliphatic carbocycles. The predicted molar refractivity (Wildman–Crippen MR) is 76.1 cm³/mol. The van der Waals surface area contributed by atoms with Crippen LogP contribution in [-0.4, -0.2) is 67.0 Å². The second-order valence-corrected chi connectivity index (χ2v) is 7.90. The summed E-state index contributed by atoms with van der Waals surface area (Å²) in [5.41, 5.74) is 0. The first-order valence-electron chi connectivity index (χ1n) is 7.25. The molecule has 2 aliphatic rings. The van der Waals surface area contributed by atoms with Gasteiger partial charge in [0.1, 0.15) is 0 Å². The van der Waals surface area contributed by atoms with Crippen LogP contribution in [0.25, 0.3) is 0 Å². The zero-order valence-electron chi connectivity index (χ0n) is 12.2. The van der Waals surface area contributed by atoms with Crippen LogP contribution in [0.1, 0.15) is 25.7 Å². The lowest BCUT2D eigenvalue weighted by Gasteiger charge is -2.36. The fourth-order valence-electron chi connectivity index (χ4n) is 3.08. The van der Waals surface area contributed by atoms with Gasteiger partial charge in [0.05, 0.1) is 18.1 Å². The maximum absolute atomic E-state index is 12.5. The van der Waals surface area contributed by atoms with Crippen molar-refractivity contribution in [3.05, 3.63) is 0 Å². The molecule has 21 heavy (non-hydrogen) atoms. The van der Waals surface area contributed by atoms with Crippen LogP contribution in [0.3, 0.4) is 0 Å². The van der Waals surface area contributed by atoms with Crippen molar-refractivity contribution in [1.82, 2.24) is 9.21 Å². The molecule has 1 amide bonds. The van der Waals surface area contributed by atoms with E-state index in [0.717, 1.165) is 6.26 Å². The minimum absolute atomic E-state index is 0.102. The monoisotopic (exact) mass is 318 g/mol. The van der Waals surface area contributed by atoms with Gasteiger partial charge in [-0.2, -0.15) is 0 Å². The molecule has 7 nitrogen and oxygen atoms in total. The summed E-state index contributed by atoms with van der Waals surface area (Å²) in [6, 6.07) is 0. The van der Waals surface area contributed by atoms with E-state index in [2.05, 4.69) is 0 Å². The van der Waals surface area contributed by atoms with Crippen LogP contribution in [0, 0.1) is 11.8 Å². The van der Waals surface area contributed by atoms with E-state index in [-0.39, 0.29) is 24.9 Å². The topological polar surface area (TPSA) is 95.0 Å². The smallest absolute Gasteiger partial charge is 0.308 e. The summed E-state index contributed by atoms with van der Waals surface area (Å²) in [5.74, 6) is -1.82. The van der Waals surface area contributed by atoms with Gasteiger partial charge in [-0.25, -0.2) is 12.7 Å². The summed E-state index contributed by atoms with van der Waals surface area (Å²) in [7, 11) is -3.28. The van der Waals surface area contributed by atoms with Crippen molar-refractivity contribution in [2.24, 2.45) is 11.8 Å². The average Bonchev–Trinajstić information content (AvgIpc) is 2.46. The van der Waals surface area contributed by atoms with E-state index in [1.54, 1.807) is 4.90 Å². The molecule has 2 aliphatic heterocycles. The molecule has 0 aromatic rings. The van der Waals surface area contributed by atoms with Crippen LogP contribution in [0.4, 0.5) is 0 Å². The van der Waals surface area contributed by atoms with Crippen molar-refractivity contribution < 1.29 is 23.1 Å². The Kier molecular flexibility index (Phi) is 4.88. The number of nitrogens with zero attached hydrogens (tertiary/aromatic N) is 2. The van der Waals surface area contributed by atoms with E-state index >= 15 is 0 Å². The second kappa shape index (κ2) is 6.31. The molecule has 0 spiro atoms. The summed E-state index contributed by atoms with van der Waals surface area (Å²) in [6.07, 6.45) is 3.77. The maximum Gasteiger partial charge on any atom is 0.308 e. The number of hydrogen-bond acceptors (Lipinski definition) is 4. The lowest BCUT2D eigenvalue weighted by molar-refractivity contribution is -0.147. The van der Waals surface area contributed by atoms with Crippen molar-refractivity contribution in [3.63, 3.8) is 0 Å². The Morgan fingerprint density at radius 3 is 2.29 bits per heavy atom. The minimum Gasteiger partial charge on any atom is -0.481 e. The van der Waals surface area contributed by atoms with Crippen LogP contribution in [-0.2, 0) is 19.6 Å². The normalized spacial score (nSPS) is 28.3. The molecule has 0 bridgehead atoms. The zero-order chi connectivity index (χ0) is 15.6. The number of likely N-dealkylation sites (tertiary alicyclic amines) is 1. The van der Waals surface area contributed by atoms with Gasteiger partial charge in [0.25, 0.3) is 0 Å². The molecular formula is C13H22N2O5S. The standard InChI is InChI=1S/C13H22N2O5S/c1-21(19,20)15-7-3-4-10(9-15)12(16)14-6-2-5-11(8-14)13(17)18/h10-11H,2-9H2,1H3,(H,17,18)/t10-,11+/m0/s1. The van der Waals surface area contributed by atoms with E-state index in [4.69, 9.17) is 5.11 Å². The number of sulfonamides is 1. The average molecular weight is 318 g/mol. The first kappa shape index (κ1) is 16.2. The van der Waals surface area contributed by atoms with E-state index in [1.165, 1.54) is 4.31 Å². The molecule has 2 fully saturated rings. The minimum atomic E-state index is -3.28. The van der Waals surface area contributed by atoms with Crippen LogP contribution in [0.2, 0.25) is 0 Å². The fourth-order valence-corrected chi connectivity index (χ4v) is 3.99. The Bertz CT molecular complexity index is 519. The number of carbonyl (C=O) groups excluding carboxylic acids is 1. The molecular weight excluding hydrogens is 296 g/mol. The number of hydrogen-bond donors (Lipinski definition) is 1. The number of aliphatic carboxylic acids is 1. The van der Waals surface area contributed by atoms with Gasteiger partial charge in [-0.1, -0.05) is 0 Å². The third-order valence-corrected chi connectivity index (χ3v) is 5.55. The van der Waals surface area contributed by atoms with E-state index in [0.29, 0.717) is 38.8 Å². The number of carbonyl (C=O) groups is 2. The highest BCUT2D eigenvalue weighted by Crippen LogP contribution is 2.24. The third kappa shape index (κ3) is 3.94. The number of rotatable bonds is 3. The van der Waals surface area contributed by atoms with Gasteiger partial charge in [-0.3, -0.25) is 9.59 Å². The Labute approximate surface area is 125 Å². The van der Waals surface area contributed by atoms with Gasteiger partial charge in [0.2, 0.25) is 15.9 Å². The Hall–Kier alpha value is -1.15. The summed E-state index contributed by atoms with van der Waals surface area (Å²) in [6.45, 7) is 1.48. The predicted octanol–water partition coefficient (Wildman–Crippen LogP) is -0.0188. The Balaban J connectivity index is 2.00.